The zero-order chi connectivity index (χ0) is 18.6. The summed E-state index contributed by atoms with van der Waals surface area (Å²) in [5.41, 5.74) is 1.38. The predicted molar refractivity (Wildman–Crippen MR) is 112 cm³/mol. The molecule has 1 unspecified atom stereocenters. The van der Waals surface area contributed by atoms with Crippen molar-refractivity contribution in [3.8, 4) is 0 Å². The molecule has 27 heavy (non-hydrogen) atoms. The fraction of sp³-hybridized carbons (Fsp3) is 0.364. The number of nitrogens with zero attached hydrogens (tertiary/aromatic N) is 4. The van der Waals surface area contributed by atoms with Crippen LogP contribution in [0.2, 0.25) is 0 Å². The van der Waals surface area contributed by atoms with Crippen LogP contribution in [0.4, 0.5) is 11.6 Å². The number of fused-ring (bicyclic) bond motifs is 1. The van der Waals surface area contributed by atoms with Gasteiger partial charge in [0.2, 0.25) is 0 Å². The molecule has 1 aliphatic heterocycles. The lowest BCUT2D eigenvalue weighted by Gasteiger charge is -2.33. The second-order valence-corrected chi connectivity index (χ2v) is 7.56. The molecule has 0 aliphatic carbocycles. The monoisotopic (exact) mass is 361 g/mol. The third-order valence-corrected chi connectivity index (χ3v) is 5.19. The maximum Gasteiger partial charge on any atom is 0.133 e. The van der Waals surface area contributed by atoms with E-state index in [1.807, 2.05) is 25.1 Å². The Morgan fingerprint density at radius 1 is 1.07 bits per heavy atom. The van der Waals surface area contributed by atoms with Gasteiger partial charge in [-0.2, -0.15) is 0 Å². The normalized spacial score (nSPS) is 17.8. The lowest BCUT2D eigenvalue weighted by Crippen LogP contribution is -2.41. The van der Waals surface area contributed by atoms with Crippen molar-refractivity contribution in [2.24, 2.45) is 0 Å². The highest BCUT2D eigenvalue weighted by molar-refractivity contribution is 5.82. The molecular formula is C22H27N5. The fourth-order valence-corrected chi connectivity index (χ4v) is 3.79. The first-order valence-corrected chi connectivity index (χ1v) is 9.63. The predicted octanol–water partition coefficient (Wildman–Crippen LogP) is 3.77. The second-order valence-electron chi connectivity index (χ2n) is 7.56. The number of likely N-dealkylation sites (tertiary alicyclic amines) is 1. The summed E-state index contributed by atoms with van der Waals surface area (Å²) in [6.45, 7) is 3.18. The van der Waals surface area contributed by atoms with Crippen LogP contribution in [-0.2, 0) is 6.54 Å². The van der Waals surface area contributed by atoms with Gasteiger partial charge in [-0.25, -0.2) is 9.97 Å². The van der Waals surface area contributed by atoms with Crippen LogP contribution in [-0.4, -0.2) is 48.1 Å². The standard InChI is InChI=1S/C22H27N5/c1-26(2)22-13-21(23-16-24-22)25-20-8-5-11-27(15-20)14-17-9-10-18-6-3-4-7-19(18)12-17/h3-4,6-7,9-10,12-13,16,20H,5,8,11,14-15H2,1-2H3,(H,23,24,25). The highest BCUT2D eigenvalue weighted by Crippen LogP contribution is 2.21. The van der Waals surface area contributed by atoms with Gasteiger partial charge in [0.05, 0.1) is 0 Å². The summed E-state index contributed by atoms with van der Waals surface area (Å²) in [4.78, 5) is 13.2. The Kier molecular flexibility index (Phi) is 5.21. The minimum atomic E-state index is 0.420. The summed E-state index contributed by atoms with van der Waals surface area (Å²) >= 11 is 0. The molecule has 1 atom stereocenters. The van der Waals surface area contributed by atoms with Gasteiger partial charge in [-0.1, -0.05) is 36.4 Å². The molecule has 5 heteroatoms. The van der Waals surface area contributed by atoms with Gasteiger partial charge in [0, 0.05) is 39.3 Å². The van der Waals surface area contributed by atoms with Gasteiger partial charge in [-0.15, -0.1) is 0 Å². The quantitative estimate of drug-likeness (QED) is 0.749. The van der Waals surface area contributed by atoms with Crippen molar-refractivity contribution in [3.63, 3.8) is 0 Å². The van der Waals surface area contributed by atoms with E-state index in [4.69, 9.17) is 0 Å². The molecule has 0 radical (unpaired) electrons. The average Bonchev–Trinajstić information content (AvgIpc) is 2.68. The first-order chi connectivity index (χ1) is 13.2. The molecule has 1 aromatic heterocycles. The molecule has 0 bridgehead atoms. The van der Waals surface area contributed by atoms with Gasteiger partial charge in [-0.3, -0.25) is 4.90 Å². The van der Waals surface area contributed by atoms with Gasteiger partial charge in [0.1, 0.15) is 18.0 Å². The summed E-state index contributed by atoms with van der Waals surface area (Å²) in [6, 6.07) is 17.8. The van der Waals surface area contributed by atoms with Crippen molar-refractivity contribution >= 4 is 22.4 Å². The molecule has 4 rings (SSSR count). The molecule has 2 aromatic carbocycles. The fourth-order valence-electron chi connectivity index (χ4n) is 3.79. The topological polar surface area (TPSA) is 44.3 Å². The minimum absolute atomic E-state index is 0.420. The van der Waals surface area contributed by atoms with Crippen LogP contribution in [0.25, 0.3) is 10.8 Å². The third-order valence-electron chi connectivity index (χ3n) is 5.19. The van der Waals surface area contributed by atoms with Crippen LogP contribution >= 0.6 is 0 Å². The molecule has 0 saturated carbocycles. The molecule has 1 fully saturated rings. The van der Waals surface area contributed by atoms with E-state index in [9.17, 15) is 0 Å². The Bertz CT molecular complexity index is 908. The minimum Gasteiger partial charge on any atom is -0.366 e. The average molecular weight is 361 g/mol. The Morgan fingerprint density at radius 3 is 2.78 bits per heavy atom. The molecule has 140 valence electrons. The van der Waals surface area contributed by atoms with Crippen molar-refractivity contribution in [2.75, 3.05) is 37.4 Å². The largest absolute Gasteiger partial charge is 0.366 e. The van der Waals surface area contributed by atoms with E-state index >= 15 is 0 Å². The smallest absolute Gasteiger partial charge is 0.133 e. The molecule has 1 N–H and O–H groups in total. The van der Waals surface area contributed by atoms with E-state index in [1.165, 1.54) is 29.2 Å². The maximum atomic E-state index is 4.39. The molecule has 5 nitrogen and oxygen atoms in total. The summed E-state index contributed by atoms with van der Waals surface area (Å²) in [5.74, 6) is 1.84. The van der Waals surface area contributed by atoms with E-state index in [-0.39, 0.29) is 0 Å². The lowest BCUT2D eigenvalue weighted by atomic mass is 10.0. The lowest BCUT2D eigenvalue weighted by molar-refractivity contribution is 0.208. The number of hydrogen-bond donors (Lipinski definition) is 1. The Labute approximate surface area is 161 Å². The van der Waals surface area contributed by atoms with Gasteiger partial charge >= 0.3 is 0 Å². The zero-order valence-electron chi connectivity index (χ0n) is 16.1. The summed E-state index contributed by atoms with van der Waals surface area (Å²) in [5, 5.41) is 6.23. The molecule has 2 heterocycles. The molecule has 1 saturated heterocycles. The van der Waals surface area contributed by atoms with Gasteiger partial charge in [0.15, 0.2) is 0 Å². The number of aromatic nitrogens is 2. The zero-order valence-corrected chi connectivity index (χ0v) is 16.1. The molecule has 0 spiro atoms. The number of anilines is 2. The molecular weight excluding hydrogens is 334 g/mol. The van der Waals surface area contributed by atoms with Crippen LogP contribution in [0.1, 0.15) is 18.4 Å². The number of hydrogen-bond acceptors (Lipinski definition) is 5. The maximum absolute atomic E-state index is 4.39. The summed E-state index contributed by atoms with van der Waals surface area (Å²) < 4.78 is 0. The van der Waals surface area contributed by atoms with Crippen molar-refractivity contribution in [1.29, 1.82) is 0 Å². The van der Waals surface area contributed by atoms with E-state index in [1.54, 1.807) is 6.33 Å². The van der Waals surface area contributed by atoms with E-state index in [0.29, 0.717) is 6.04 Å². The van der Waals surface area contributed by atoms with Crippen LogP contribution < -0.4 is 10.2 Å². The van der Waals surface area contributed by atoms with E-state index in [2.05, 4.69) is 62.6 Å². The van der Waals surface area contributed by atoms with Crippen LogP contribution in [0.15, 0.2) is 54.9 Å². The Morgan fingerprint density at radius 2 is 1.93 bits per heavy atom. The highest BCUT2D eigenvalue weighted by atomic mass is 15.2. The first kappa shape index (κ1) is 17.7. The van der Waals surface area contributed by atoms with Gasteiger partial charge in [0.25, 0.3) is 0 Å². The van der Waals surface area contributed by atoms with Crippen LogP contribution in [0.5, 0.6) is 0 Å². The number of rotatable bonds is 5. The van der Waals surface area contributed by atoms with Crippen molar-refractivity contribution < 1.29 is 0 Å². The summed E-state index contributed by atoms with van der Waals surface area (Å²) in [7, 11) is 4.00. The van der Waals surface area contributed by atoms with E-state index in [0.717, 1.165) is 31.3 Å². The second kappa shape index (κ2) is 7.92. The highest BCUT2D eigenvalue weighted by Gasteiger charge is 2.20. The number of nitrogens with one attached hydrogen (secondary N) is 1. The molecule has 1 aliphatic rings. The van der Waals surface area contributed by atoms with E-state index < -0.39 is 0 Å². The first-order valence-electron chi connectivity index (χ1n) is 9.63. The van der Waals surface area contributed by atoms with Crippen LogP contribution in [0.3, 0.4) is 0 Å². The van der Waals surface area contributed by atoms with Crippen LogP contribution in [0, 0.1) is 0 Å². The number of benzene rings is 2. The third kappa shape index (κ3) is 4.37. The summed E-state index contributed by atoms with van der Waals surface area (Å²) in [6.07, 6.45) is 4.01. The van der Waals surface area contributed by atoms with Crippen molar-refractivity contribution in [3.05, 3.63) is 60.4 Å². The molecule has 0 amide bonds. The van der Waals surface area contributed by atoms with Gasteiger partial charge < -0.3 is 10.2 Å². The number of piperidine rings is 1. The molecule has 3 aromatic rings. The van der Waals surface area contributed by atoms with Crippen molar-refractivity contribution in [1.82, 2.24) is 14.9 Å². The van der Waals surface area contributed by atoms with Crippen molar-refractivity contribution in [2.45, 2.75) is 25.4 Å². The van der Waals surface area contributed by atoms with Gasteiger partial charge in [-0.05, 0) is 41.8 Å². The SMILES string of the molecule is CN(C)c1cc(NC2CCCN(Cc3ccc4ccccc4c3)C2)ncn1. The Hall–Kier alpha value is -2.66. The Balaban J connectivity index is 1.41.